The first-order valence-corrected chi connectivity index (χ1v) is 10.4. The molecule has 2 bridgehead atoms. The third kappa shape index (κ3) is 3.10. The minimum atomic E-state index is -0.963. The van der Waals surface area contributed by atoms with Crippen molar-refractivity contribution < 1.29 is 23.9 Å². The van der Waals surface area contributed by atoms with Crippen LogP contribution in [0.1, 0.15) is 34.1 Å². The van der Waals surface area contributed by atoms with Crippen molar-refractivity contribution in [1.82, 2.24) is 0 Å². The molecule has 1 saturated carbocycles. The standard InChI is InChI=1S/C25H21NO5/c1-14(22(27)15-6-3-2-4-7-15)31-25(30)18-8-5-9-19(13-18)26-23(28)20-16-10-11-17(12-16)21(20)24(26)29/h2-11,13-14,16-17,20-21H,12H2,1H3/t14-,16-,17-,20-,21+/m1/s1. The largest absolute Gasteiger partial charge is 0.451 e. The first kappa shape index (κ1) is 19.4. The quantitative estimate of drug-likeness (QED) is 0.324. The summed E-state index contributed by atoms with van der Waals surface area (Å²) in [4.78, 5) is 52.3. The molecule has 1 aliphatic heterocycles. The van der Waals surface area contributed by atoms with E-state index in [-0.39, 0.29) is 46.8 Å². The van der Waals surface area contributed by atoms with Gasteiger partial charge in [0.2, 0.25) is 17.6 Å². The molecular formula is C25H21NO5. The van der Waals surface area contributed by atoms with Crippen molar-refractivity contribution in [2.24, 2.45) is 23.7 Å². The molecule has 0 unspecified atom stereocenters. The normalized spacial score (nSPS) is 26.8. The molecule has 2 amide bonds. The van der Waals surface area contributed by atoms with Crippen LogP contribution in [0.2, 0.25) is 0 Å². The van der Waals surface area contributed by atoms with Crippen LogP contribution in [0.3, 0.4) is 0 Å². The highest BCUT2D eigenvalue weighted by Crippen LogP contribution is 2.53. The van der Waals surface area contributed by atoms with Gasteiger partial charge in [0, 0.05) is 5.56 Å². The van der Waals surface area contributed by atoms with Crippen molar-refractivity contribution >= 4 is 29.3 Å². The zero-order valence-electron chi connectivity index (χ0n) is 16.9. The summed E-state index contributed by atoms with van der Waals surface area (Å²) in [5, 5.41) is 0. The highest BCUT2D eigenvalue weighted by atomic mass is 16.5. The van der Waals surface area contributed by atoms with Crippen molar-refractivity contribution in [2.75, 3.05) is 4.90 Å². The summed E-state index contributed by atoms with van der Waals surface area (Å²) in [5.41, 5.74) is 1.00. The second-order valence-electron chi connectivity index (χ2n) is 8.34. The number of rotatable bonds is 5. The SMILES string of the molecule is C[C@@H](OC(=O)c1cccc(N2C(=O)[C@@H]3[C@H](C2=O)[C@@H]2C=C[C@@H]3C2)c1)C(=O)c1ccccc1. The Labute approximate surface area is 179 Å². The van der Waals surface area contributed by atoms with E-state index in [1.165, 1.54) is 17.9 Å². The average molecular weight is 415 g/mol. The first-order chi connectivity index (χ1) is 15.0. The minimum Gasteiger partial charge on any atom is -0.451 e. The van der Waals surface area contributed by atoms with E-state index in [4.69, 9.17) is 4.74 Å². The molecule has 6 heteroatoms. The summed E-state index contributed by atoms with van der Waals surface area (Å²) in [6.45, 7) is 1.52. The number of carbonyl (C=O) groups is 4. The van der Waals surface area contributed by atoms with Crippen LogP contribution in [0.5, 0.6) is 0 Å². The number of hydrogen-bond acceptors (Lipinski definition) is 5. The van der Waals surface area contributed by atoms with Gasteiger partial charge in [-0.15, -0.1) is 0 Å². The van der Waals surface area contributed by atoms with E-state index in [0.29, 0.717) is 11.3 Å². The molecule has 2 fully saturated rings. The number of anilines is 1. The summed E-state index contributed by atoms with van der Waals surface area (Å²) in [6.07, 6.45) is 3.98. The maximum Gasteiger partial charge on any atom is 0.338 e. The lowest BCUT2D eigenvalue weighted by Crippen LogP contribution is -2.33. The smallest absolute Gasteiger partial charge is 0.338 e. The maximum absolute atomic E-state index is 13.0. The van der Waals surface area contributed by atoms with E-state index in [9.17, 15) is 19.2 Å². The first-order valence-electron chi connectivity index (χ1n) is 10.4. The number of Topliss-reactive ketones (excluding diaryl/α,β-unsaturated/α-hetero) is 1. The molecule has 2 aromatic rings. The number of nitrogens with zero attached hydrogens (tertiary/aromatic N) is 1. The number of benzene rings is 2. The molecule has 3 aliphatic rings. The Morgan fingerprint density at radius 2 is 1.52 bits per heavy atom. The van der Waals surface area contributed by atoms with Crippen LogP contribution >= 0.6 is 0 Å². The molecule has 0 radical (unpaired) electrons. The van der Waals surface area contributed by atoms with Gasteiger partial charge in [-0.25, -0.2) is 9.69 Å². The highest BCUT2D eigenvalue weighted by Gasteiger charge is 2.59. The van der Waals surface area contributed by atoms with Crippen LogP contribution in [0.4, 0.5) is 5.69 Å². The lowest BCUT2D eigenvalue weighted by atomic mass is 9.85. The molecule has 156 valence electrons. The number of ether oxygens (including phenoxy) is 1. The van der Waals surface area contributed by atoms with Crippen molar-refractivity contribution in [3.63, 3.8) is 0 Å². The topological polar surface area (TPSA) is 80.8 Å². The number of amides is 2. The third-order valence-electron chi connectivity index (χ3n) is 6.52. The predicted octanol–water partition coefficient (Wildman–Crippen LogP) is 3.43. The van der Waals surface area contributed by atoms with E-state index in [1.807, 2.05) is 12.2 Å². The van der Waals surface area contributed by atoms with Gasteiger partial charge in [0.25, 0.3) is 0 Å². The van der Waals surface area contributed by atoms with Gasteiger partial charge in [0.05, 0.1) is 23.1 Å². The van der Waals surface area contributed by atoms with Gasteiger partial charge in [-0.3, -0.25) is 14.4 Å². The Kier molecular flexibility index (Phi) is 4.58. The van der Waals surface area contributed by atoms with Crippen LogP contribution in [-0.2, 0) is 14.3 Å². The highest BCUT2D eigenvalue weighted by molar-refractivity contribution is 6.23. The Morgan fingerprint density at radius 3 is 2.16 bits per heavy atom. The van der Waals surface area contributed by atoms with Gasteiger partial charge in [0.1, 0.15) is 0 Å². The molecule has 2 aromatic carbocycles. The van der Waals surface area contributed by atoms with E-state index < -0.39 is 12.1 Å². The molecule has 5 rings (SSSR count). The molecule has 5 atom stereocenters. The van der Waals surface area contributed by atoms with Gasteiger partial charge in [-0.2, -0.15) is 0 Å². The number of carbonyl (C=O) groups excluding carboxylic acids is 4. The van der Waals surface area contributed by atoms with Gasteiger partial charge in [0.15, 0.2) is 6.10 Å². The third-order valence-corrected chi connectivity index (χ3v) is 6.52. The molecular weight excluding hydrogens is 394 g/mol. The summed E-state index contributed by atoms with van der Waals surface area (Å²) >= 11 is 0. The molecule has 1 saturated heterocycles. The van der Waals surface area contributed by atoms with E-state index in [2.05, 4.69) is 0 Å². The average Bonchev–Trinajstić information content (AvgIpc) is 3.47. The molecule has 0 spiro atoms. The van der Waals surface area contributed by atoms with Crippen molar-refractivity contribution in [3.05, 3.63) is 77.9 Å². The molecule has 6 nitrogen and oxygen atoms in total. The van der Waals surface area contributed by atoms with E-state index in [0.717, 1.165) is 6.42 Å². The predicted molar refractivity (Wildman–Crippen MR) is 112 cm³/mol. The van der Waals surface area contributed by atoms with Gasteiger partial charge < -0.3 is 4.74 Å². The van der Waals surface area contributed by atoms with Crippen molar-refractivity contribution in [1.29, 1.82) is 0 Å². The monoisotopic (exact) mass is 415 g/mol. The van der Waals surface area contributed by atoms with Crippen LogP contribution < -0.4 is 4.90 Å². The Balaban J connectivity index is 1.34. The maximum atomic E-state index is 13.0. The minimum absolute atomic E-state index is 0.120. The lowest BCUT2D eigenvalue weighted by molar-refractivity contribution is -0.123. The fourth-order valence-electron chi connectivity index (χ4n) is 5.05. The van der Waals surface area contributed by atoms with Crippen LogP contribution in [0, 0.1) is 23.7 Å². The number of fused-ring (bicyclic) bond motifs is 5. The van der Waals surface area contributed by atoms with E-state index in [1.54, 1.807) is 48.5 Å². The fourth-order valence-corrected chi connectivity index (χ4v) is 5.05. The number of esters is 1. The number of ketones is 1. The van der Waals surface area contributed by atoms with Crippen LogP contribution in [0.15, 0.2) is 66.7 Å². The number of hydrogen-bond donors (Lipinski definition) is 0. The zero-order valence-corrected chi connectivity index (χ0v) is 16.9. The Bertz CT molecular complexity index is 1090. The number of allylic oxidation sites excluding steroid dienone is 2. The van der Waals surface area contributed by atoms with E-state index >= 15 is 0 Å². The Hall–Kier alpha value is -3.54. The van der Waals surface area contributed by atoms with Gasteiger partial charge in [-0.05, 0) is 43.4 Å². The molecule has 1 heterocycles. The zero-order chi connectivity index (χ0) is 21.7. The second kappa shape index (κ2) is 7.30. The molecule has 2 aliphatic carbocycles. The van der Waals surface area contributed by atoms with Gasteiger partial charge in [-0.1, -0.05) is 48.6 Å². The summed E-state index contributed by atoms with van der Waals surface area (Å²) < 4.78 is 5.36. The molecule has 0 N–H and O–H groups in total. The van der Waals surface area contributed by atoms with Crippen LogP contribution in [0.25, 0.3) is 0 Å². The second-order valence-corrected chi connectivity index (χ2v) is 8.34. The summed E-state index contributed by atoms with van der Waals surface area (Å²) in [5.74, 6) is -1.76. The summed E-state index contributed by atoms with van der Waals surface area (Å²) in [7, 11) is 0. The number of imide groups is 1. The summed E-state index contributed by atoms with van der Waals surface area (Å²) in [6, 6.07) is 14.9. The molecule has 31 heavy (non-hydrogen) atoms. The molecule has 0 aromatic heterocycles. The van der Waals surface area contributed by atoms with Crippen LogP contribution in [-0.4, -0.2) is 29.7 Å². The fraction of sp³-hybridized carbons (Fsp3) is 0.280. The lowest BCUT2D eigenvalue weighted by Gasteiger charge is -2.18. The van der Waals surface area contributed by atoms with Crippen molar-refractivity contribution in [3.8, 4) is 0 Å². The Morgan fingerprint density at radius 1 is 0.903 bits per heavy atom. The van der Waals surface area contributed by atoms with Crippen molar-refractivity contribution in [2.45, 2.75) is 19.4 Å². The van der Waals surface area contributed by atoms with Gasteiger partial charge >= 0.3 is 5.97 Å².